The number of allylic oxidation sites excluding steroid dienone is 2. The van der Waals surface area contributed by atoms with E-state index < -0.39 is 0 Å². The summed E-state index contributed by atoms with van der Waals surface area (Å²) in [5, 5.41) is 2.32. The minimum absolute atomic E-state index is 0.00643. The molecular formula is C20H17NO3. The Hall–Kier alpha value is -2.72. The molecule has 0 N–H and O–H groups in total. The lowest BCUT2D eigenvalue weighted by molar-refractivity contribution is 0.171. The predicted octanol–water partition coefficient (Wildman–Crippen LogP) is 3.87. The SMILES string of the molecule is COC1C=CC=C2C1=CN(C)c1c2ccc2cc3c(cc12)OCO3. The molecule has 0 spiro atoms. The summed E-state index contributed by atoms with van der Waals surface area (Å²) in [7, 11) is 3.83. The number of ether oxygens (including phenoxy) is 3. The van der Waals surface area contributed by atoms with E-state index in [-0.39, 0.29) is 6.10 Å². The number of methoxy groups -OCH3 is 1. The number of anilines is 1. The maximum Gasteiger partial charge on any atom is 0.231 e. The molecule has 0 aromatic heterocycles. The van der Waals surface area contributed by atoms with Gasteiger partial charge in [0.05, 0.1) is 5.69 Å². The number of rotatable bonds is 1. The monoisotopic (exact) mass is 319 g/mol. The molecule has 0 saturated carbocycles. The number of hydrogen-bond acceptors (Lipinski definition) is 4. The van der Waals surface area contributed by atoms with Crippen molar-refractivity contribution in [3.8, 4) is 11.5 Å². The summed E-state index contributed by atoms with van der Waals surface area (Å²) >= 11 is 0. The fourth-order valence-corrected chi connectivity index (χ4v) is 3.77. The Bertz CT molecular complexity index is 955. The average Bonchev–Trinajstić information content (AvgIpc) is 3.06. The Balaban J connectivity index is 1.78. The molecule has 120 valence electrons. The molecule has 2 heterocycles. The van der Waals surface area contributed by atoms with Crippen molar-refractivity contribution in [2.45, 2.75) is 6.10 Å². The van der Waals surface area contributed by atoms with E-state index in [0.29, 0.717) is 6.79 Å². The van der Waals surface area contributed by atoms with E-state index >= 15 is 0 Å². The second kappa shape index (κ2) is 4.89. The number of benzene rings is 2. The minimum Gasteiger partial charge on any atom is -0.454 e. The zero-order valence-corrected chi connectivity index (χ0v) is 13.6. The zero-order chi connectivity index (χ0) is 16.3. The molecule has 1 unspecified atom stereocenters. The van der Waals surface area contributed by atoms with Crippen molar-refractivity contribution in [2.75, 3.05) is 25.9 Å². The maximum absolute atomic E-state index is 5.61. The van der Waals surface area contributed by atoms with Crippen LogP contribution in [0, 0.1) is 0 Å². The highest BCUT2D eigenvalue weighted by Crippen LogP contribution is 2.46. The Morgan fingerprint density at radius 3 is 2.83 bits per heavy atom. The van der Waals surface area contributed by atoms with Crippen molar-refractivity contribution >= 4 is 22.0 Å². The number of fused-ring (bicyclic) bond motifs is 6. The normalized spacial score (nSPS) is 20.6. The van der Waals surface area contributed by atoms with Crippen LogP contribution in [0.4, 0.5) is 5.69 Å². The van der Waals surface area contributed by atoms with E-state index in [2.05, 4.69) is 60.6 Å². The third-order valence-corrected chi connectivity index (χ3v) is 4.88. The summed E-state index contributed by atoms with van der Waals surface area (Å²) in [5.74, 6) is 1.63. The van der Waals surface area contributed by atoms with Gasteiger partial charge in [-0.05, 0) is 23.1 Å². The lowest BCUT2D eigenvalue weighted by Gasteiger charge is -2.33. The van der Waals surface area contributed by atoms with Crippen molar-refractivity contribution in [1.29, 1.82) is 0 Å². The van der Waals surface area contributed by atoms with Crippen LogP contribution in [0.2, 0.25) is 0 Å². The lowest BCUT2D eigenvalue weighted by atomic mass is 9.85. The van der Waals surface area contributed by atoms with E-state index in [1.54, 1.807) is 7.11 Å². The number of nitrogens with zero attached hydrogens (tertiary/aromatic N) is 1. The molecule has 24 heavy (non-hydrogen) atoms. The summed E-state index contributed by atoms with van der Waals surface area (Å²) in [6.45, 7) is 0.291. The van der Waals surface area contributed by atoms with E-state index in [9.17, 15) is 0 Å². The highest BCUT2D eigenvalue weighted by molar-refractivity contribution is 6.06. The van der Waals surface area contributed by atoms with Gasteiger partial charge in [0, 0.05) is 36.9 Å². The van der Waals surface area contributed by atoms with Gasteiger partial charge < -0.3 is 19.1 Å². The maximum atomic E-state index is 5.61. The average molecular weight is 319 g/mol. The Morgan fingerprint density at radius 1 is 1.17 bits per heavy atom. The lowest BCUT2D eigenvalue weighted by Crippen LogP contribution is -2.24. The molecule has 0 radical (unpaired) electrons. The van der Waals surface area contributed by atoms with E-state index in [1.807, 2.05) is 0 Å². The van der Waals surface area contributed by atoms with Crippen LogP contribution in [0.25, 0.3) is 16.3 Å². The molecule has 5 rings (SSSR count). The third kappa shape index (κ3) is 1.77. The second-order valence-corrected chi connectivity index (χ2v) is 6.21. The van der Waals surface area contributed by atoms with Crippen LogP contribution in [0.15, 0.2) is 54.3 Å². The van der Waals surface area contributed by atoms with Crippen LogP contribution < -0.4 is 14.4 Å². The Labute approximate surface area is 140 Å². The molecule has 1 aliphatic carbocycles. The Kier molecular flexibility index (Phi) is 2.79. The number of hydrogen-bond donors (Lipinski definition) is 0. The van der Waals surface area contributed by atoms with Crippen molar-refractivity contribution in [3.63, 3.8) is 0 Å². The van der Waals surface area contributed by atoms with Crippen LogP contribution in [0.1, 0.15) is 5.56 Å². The van der Waals surface area contributed by atoms with Gasteiger partial charge in [0.25, 0.3) is 0 Å². The zero-order valence-electron chi connectivity index (χ0n) is 13.6. The van der Waals surface area contributed by atoms with Gasteiger partial charge in [0.2, 0.25) is 6.79 Å². The molecule has 1 atom stereocenters. The van der Waals surface area contributed by atoms with E-state index in [1.165, 1.54) is 27.8 Å². The topological polar surface area (TPSA) is 30.9 Å². The predicted molar refractivity (Wildman–Crippen MR) is 94.5 cm³/mol. The van der Waals surface area contributed by atoms with Crippen LogP contribution in [0.5, 0.6) is 11.5 Å². The third-order valence-electron chi connectivity index (χ3n) is 4.88. The summed E-state index contributed by atoms with van der Waals surface area (Å²) in [6, 6.07) is 8.46. The van der Waals surface area contributed by atoms with Gasteiger partial charge in [-0.15, -0.1) is 0 Å². The molecule has 0 bridgehead atoms. The van der Waals surface area contributed by atoms with Crippen LogP contribution in [-0.2, 0) is 4.74 Å². The first-order chi connectivity index (χ1) is 11.8. The van der Waals surface area contributed by atoms with E-state index in [4.69, 9.17) is 14.2 Å². The second-order valence-electron chi connectivity index (χ2n) is 6.21. The highest BCUT2D eigenvalue weighted by Gasteiger charge is 2.28. The van der Waals surface area contributed by atoms with Gasteiger partial charge in [-0.3, -0.25) is 0 Å². The summed E-state index contributed by atoms with van der Waals surface area (Å²) < 4.78 is 16.7. The quantitative estimate of drug-likeness (QED) is 0.798. The summed E-state index contributed by atoms with van der Waals surface area (Å²) in [5.41, 5.74) is 4.81. The molecular weight excluding hydrogens is 302 g/mol. The molecule has 0 amide bonds. The van der Waals surface area contributed by atoms with Gasteiger partial charge in [0.15, 0.2) is 11.5 Å². The largest absolute Gasteiger partial charge is 0.454 e. The van der Waals surface area contributed by atoms with E-state index in [0.717, 1.165) is 16.9 Å². The highest BCUT2D eigenvalue weighted by atomic mass is 16.7. The molecule has 0 fully saturated rings. The van der Waals surface area contributed by atoms with Crippen LogP contribution >= 0.6 is 0 Å². The first-order valence-electron chi connectivity index (χ1n) is 7.99. The smallest absolute Gasteiger partial charge is 0.231 e. The van der Waals surface area contributed by atoms with Crippen LogP contribution in [0.3, 0.4) is 0 Å². The first kappa shape index (κ1) is 13.7. The van der Waals surface area contributed by atoms with Crippen LogP contribution in [-0.4, -0.2) is 27.1 Å². The first-order valence-corrected chi connectivity index (χ1v) is 7.99. The molecule has 2 aliphatic heterocycles. The molecule has 4 nitrogen and oxygen atoms in total. The molecule has 3 aliphatic rings. The van der Waals surface area contributed by atoms with Crippen molar-refractivity contribution in [1.82, 2.24) is 0 Å². The van der Waals surface area contributed by atoms with Gasteiger partial charge >= 0.3 is 0 Å². The molecule has 0 saturated heterocycles. The van der Waals surface area contributed by atoms with Gasteiger partial charge in [-0.1, -0.05) is 30.4 Å². The van der Waals surface area contributed by atoms with Gasteiger partial charge in [-0.25, -0.2) is 0 Å². The standard InChI is InChI=1S/C20H17NO3/c1-21-10-16-13(4-3-5-17(16)22-2)14-7-6-12-8-18-19(24-11-23-18)9-15(12)20(14)21/h3-10,17H,11H2,1-2H3. The van der Waals surface area contributed by atoms with Crippen molar-refractivity contribution in [2.24, 2.45) is 0 Å². The van der Waals surface area contributed by atoms with Gasteiger partial charge in [0.1, 0.15) is 6.10 Å². The minimum atomic E-state index is -0.00643. The Morgan fingerprint density at radius 2 is 2.00 bits per heavy atom. The summed E-state index contributed by atoms with van der Waals surface area (Å²) in [6.07, 6.45) is 8.46. The van der Waals surface area contributed by atoms with Gasteiger partial charge in [-0.2, -0.15) is 0 Å². The fraction of sp³-hybridized carbons (Fsp3) is 0.200. The molecule has 2 aromatic rings. The summed E-state index contributed by atoms with van der Waals surface area (Å²) in [4.78, 5) is 2.18. The molecule has 2 aromatic carbocycles. The fourth-order valence-electron chi connectivity index (χ4n) is 3.77. The van der Waals surface area contributed by atoms with Crippen molar-refractivity contribution in [3.05, 3.63) is 59.8 Å². The van der Waals surface area contributed by atoms with Crippen molar-refractivity contribution < 1.29 is 14.2 Å². The molecule has 4 heteroatoms.